The molecule has 0 radical (unpaired) electrons. The summed E-state index contributed by atoms with van der Waals surface area (Å²) in [5.41, 5.74) is 8.34. The fraction of sp³-hybridized carbons (Fsp3) is 0. The first-order valence-corrected chi connectivity index (χ1v) is 12.3. The van der Waals surface area contributed by atoms with E-state index in [2.05, 4.69) is 88.4 Å². The maximum atomic E-state index is 4.99. The molecular weight excluding hydrogens is 452 g/mol. The molecule has 0 bridgehead atoms. The molecule has 4 aromatic heterocycles. The predicted octanol–water partition coefficient (Wildman–Crippen LogP) is 7.97. The van der Waals surface area contributed by atoms with Gasteiger partial charge in [-0.3, -0.25) is 9.55 Å². The van der Waals surface area contributed by atoms with E-state index in [-0.39, 0.29) is 0 Å². The molecule has 0 unspecified atom stereocenters. The molecular formula is C33H22N4. The van der Waals surface area contributed by atoms with Crippen molar-refractivity contribution < 1.29 is 0 Å². The summed E-state index contributed by atoms with van der Waals surface area (Å²) in [6.07, 6.45) is 5.70. The molecule has 4 heteroatoms. The van der Waals surface area contributed by atoms with E-state index >= 15 is 0 Å². The van der Waals surface area contributed by atoms with E-state index in [1.807, 2.05) is 55.0 Å². The summed E-state index contributed by atoms with van der Waals surface area (Å²) in [7, 11) is 0. The Morgan fingerprint density at radius 1 is 0.486 bits per heavy atom. The average Bonchev–Trinajstić information content (AvgIpc) is 3.32. The molecule has 7 rings (SSSR count). The smallest absolute Gasteiger partial charge is 0.137 e. The number of pyridine rings is 3. The van der Waals surface area contributed by atoms with E-state index in [0.29, 0.717) is 0 Å². The lowest BCUT2D eigenvalue weighted by atomic mass is 10.0. The van der Waals surface area contributed by atoms with Crippen LogP contribution in [0.4, 0.5) is 0 Å². The number of nitrogens with zero attached hydrogens (tertiary/aromatic N) is 4. The second-order valence-electron chi connectivity index (χ2n) is 9.01. The van der Waals surface area contributed by atoms with Gasteiger partial charge in [-0.2, -0.15) is 0 Å². The third-order valence-corrected chi connectivity index (χ3v) is 6.75. The van der Waals surface area contributed by atoms with Crippen LogP contribution in [0.15, 0.2) is 134 Å². The standard InChI is InChI=1S/C33H22N4/c1-3-9-23(10-4-1)29-19-26(20-30(36-29)24-11-5-2-6-12-24)25-15-16-33(35-21-25)37-31-14-8-7-13-27(31)28-17-18-34-22-32(28)37/h1-22H. The van der Waals surface area contributed by atoms with Gasteiger partial charge in [-0.05, 0) is 42.0 Å². The third kappa shape index (κ3) is 3.76. The second-order valence-corrected chi connectivity index (χ2v) is 9.01. The Morgan fingerprint density at radius 2 is 1.14 bits per heavy atom. The highest BCUT2D eigenvalue weighted by Gasteiger charge is 2.14. The normalized spacial score (nSPS) is 11.2. The monoisotopic (exact) mass is 474 g/mol. The molecule has 4 nitrogen and oxygen atoms in total. The van der Waals surface area contributed by atoms with Crippen LogP contribution >= 0.6 is 0 Å². The Labute approximate surface area is 214 Å². The van der Waals surface area contributed by atoms with Gasteiger partial charge in [-0.25, -0.2) is 9.97 Å². The van der Waals surface area contributed by atoms with Crippen LogP contribution in [0.25, 0.3) is 61.3 Å². The maximum Gasteiger partial charge on any atom is 0.137 e. The molecule has 0 amide bonds. The van der Waals surface area contributed by atoms with Crippen LogP contribution in [0.2, 0.25) is 0 Å². The van der Waals surface area contributed by atoms with Crippen LogP contribution in [0, 0.1) is 0 Å². The largest absolute Gasteiger partial charge is 0.292 e. The van der Waals surface area contributed by atoms with Gasteiger partial charge in [0.2, 0.25) is 0 Å². The Bertz CT molecular complexity index is 1740. The number of fused-ring (bicyclic) bond motifs is 3. The van der Waals surface area contributed by atoms with Crippen molar-refractivity contribution in [1.82, 2.24) is 19.5 Å². The fourth-order valence-corrected chi connectivity index (χ4v) is 4.96. The summed E-state index contributed by atoms with van der Waals surface area (Å²) in [5.74, 6) is 0.864. The number of hydrogen-bond acceptors (Lipinski definition) is 3. The van der Waals surface area contributed by atoms with E-state index in [4.69, 9.17) is 9.97 Å². The van der Waals surface area contributed by atoms with E-state index in [1.165, 1.54) is 10.8 Å². The highest BCUT2D eigenvalue weighted by atomic mass is 15.1. The van der Waals surface area contributed by atoms with Crippen molar-refractivity contribution in [2.45, 2.75) is 0 Å². The topological polar surface area (TPSA) is 43.6 Å². The average molecular weight is 475 g/mol. The zero-order chi connectivity index (χ0) is 24.6. The molecule has 0 aliphatic carbocycles. The minimum atomic E-state index is 0.864. The lowest BCUT2D eigenvalue weighted by Gasteiger charge is -2.11. The van der Waals surface area contributed by atoms with Gasteiger partial charge in [0.15, 0.2) is 0 Å². The fourth-order valence-electron chi connectivity index (χ4n) is 4.96. The Hall–Kier alpha value is -5.09. The molecule has 37 heavy (non-hydrogen) atoms. The van der Waals surface area contributed by atoms with Gasteiger partial charge < -0.3 is 0 Å². The number of rotatable bonds is 4. The number of para-hydroxylation sites is 1. The van der Waals surface area contributed by atoms with Gasteiger partial charge in [0.05, 0.1) is 28.6 Å². The van der Waals surface area contributed by atoms with Crippen LogP contribution in [0.5, 0.6) is 0 Å². The lowest BCUT2D eigenvalue weighted by molar-refractivity contribution is 1.08. The van der Waals surface area contributed by atoms with Crippen LogP contribution < -0.4 is 0 Å². The van der Waals surface area contributed by atoms with Crippen LogP contribution in [-0.2, 0) is 0 Å². The summed E-state index contributed by atoms with van der Waals surface area (Å²) in [5, 5.41) is 2.37. The van der Waals surface area contributed by atoms with Crippen molar-refractivity contribution in [1.29, 1.82) is 0 Å². The first kappa shape index (κ1) is 21.2. The SMILES string of the molecule is c1ccc(-c2cc(-c3ccc(-n4c5ccccc5c5ccncc54)nc3)cc(-c3ccccc3)n2)cc1. The molecule has 3 aromatic carbocycles. The Kier molecular flexibility index (Phi) is 5.07. The molecule has 0 N–H and O–H groups in total. The van der Waals surface area contributed by atoms with Gasteiger partial charge in [0.25, 0.3) is 0 Å². The molecule has 4 heterocycles. The molecule has 0 saturated carbocycles. The van der Waals surface area contributed by atoms with Crippen molar-refractivity contribution in [3.05, 3.63) is 134 Å². The minimum Gasteiger partial charge on any atom is -0.292 e. The minimum absolute atomic E-state index is 0.864. The van der Waals surface area contributed by atoms with Gasteiger partial charge in [-0.1, -0.05) is 78.9 Å². The van der Waals surface area contributed by atoms with Gasteiger partial charge in [-0.15, -0.1) is 0 Å². The summed E-state index contributed by atoms with van der Waals surface area (Å²) >= 11 is 0. The van der Waals surface area contributed by atoms with Crippen molar-refractivity contribution in [2.75, 3.05) is 0 Å². The van der Waals surface area contributed by atoms with E-state index < -0.39 is 0 Å². The molecule has 0 spiro atoms. The summed E-state index contributed by atoms with van der Waals surface area (Å²) in [6, 6.07) is 39.6. The van der Waals surface area contributed by atoms with Crippen molar-refractivity contribution in [2.24, 2.45) is 0 Å². The van der Waals surface area contributed by atoms with E-state index in [9.17, 15) is 0 Å². The summed E-state index contributed by atoms with van der Waals surface area (Å²) in [4.78, 5) is 14.3. The van der Waals surface area contributed by atoms with Crippen LogP contribution in [0.3, 0.4) is 0 Å². The Balaban J connectivity index is 1.37. The molecule has 7 aromatic rings. The zero-order valence-corrected chi connectivity index (χ0v) is 20.0. The molecule has 0 atom stereocenters. The molecule has 174 valence electrons. The maximum absolute atomic E-state index is 4.99. The molecule has 0 fully saturated rings. The van der Waals surface area contributed by atoms with E-state index in [1.54, 1.807) is 0 Å². The number of benzene rings is 3. The number of hydrogen-bond donors (Lipinski definition) is 0. The molecule has 0 aliphatic rings. The quantitative estimate of drug-likeness (QED) is 0.260. The van der Waals surface area contributed by atoms with Crippen molar-refractivity contribution in [3.63, 3.8) is 0 Å². The molecule has 0 saturated heterocycles. The van der Waals surface area contributed by atoms with Gasteiger partial charge >= 0.3 is 0 Å². The highest BCUT2D eigenvalue weighted by Crippen LogP contribution is 2.33. The first-order valence-electron chi connectivity index (χ1n) is 12.3. The predicted molar refractivity (Wildman–Crippen MR) is 150 cm³/mol. The summed E-state index contributed by atoms with van der Waals surface area (Å²) in [6.45, 7) is 0. The van der Waals surface area contributed by atoms with Crippen LogP contribution in [-0.4, -0.2) is 19.5 Å². The van der Waals surface area contributed by atoms with Crippen LogP contribution in [0.1, 0.15) is 0 Å². The third-order valence-electron chi connectivity index (χ3n) is 6.75. The lowest BCUT2D eigenvalue weighted by Crippen LogP contribution is -1.97. The Morgan fingerprint density at radius 3 is 1.81 bits per heavy atom. The second kappa shape index (κ2) is 8.85. The molecule has 0 aliphatic heterocycles. The first-order chi connectivity index (χ1) is 18.3. The van der Waals surface area contributed by atoms with Crippen molar-refractivity contribution in [3.8, 4) is 39.5 Å². The zero-order valence-electron chi connectivity index (χ0n) is 20.0. The van der Waals surface area contributed by atoms with Crippen molar-refractivity contribution >= 4 is 21.8 Å². The highest BCUT2D eigenvalue weighted by molar-refractivity contribution is 6.08. The van der Waals surface area contributed by atoms with E-state index in [0.717, 1.165) is 50.5 Å². The number of aromatic nitrogens is 4. The summed E-state index contributed by atoms with van der Waals surface area (Å²) < 4.78 is 2.18. The van der Waals surface area contributed by atoms with Gasteiger partial charge in [0.1, 0.15) is 5.82 Å². The van der Waals surface area contributed by atoms with Gasteiger partial charge in [0, 0.05) is 39.9 Å².